The van der Waals surface area contributed by atoms with Crippen LogP contribution >= 0.6 is 0 Å². The summed E-state index contributed by atoms with van der Waals surface area (Å²) in [5.41, 5.74) is 6.01. The zero-order valence-corrected chi connectivity index (χ0v) is 11.4. The van der Waals surface area contributed by atoms with Crippen LogP contribution in [0.2, 0.25) is 0 Å². The van der Waals surface area contributed by atoms with Crippen LogP contribution in [0.4, 0.5) is 0 Å². The first kappa shape index (κ1) is 14.3. The molecule has 0 radical (unpaired) electrons. The number of aromatic nitrogens is 1. The monoisotopic (exact) mass is 281 g/mol. The van der Waals surface area contributed by atoms with Crippen molar-refractivity contribution >= 4 is 11.7 Å². The number of rotatable bonds is 4. The molecule has 1 aliphatic rings. The van der Waals surface area contributed by atoms with Gasteiger partial charge in [-0.3, -0.25) is 9.69 Å². The van der Waals surface area contributed by atoms with Crippen LogP contribution in [0, 0.1) is 0 Å². The van der Waals surface area contributed by atoms with E-state index in [1.165, 1.54) is 6.26 Å². The first-order valence-corrected chi connectivity index (χ1v) is 6.58. The number of hydrogen-bond donors (Lipinski definition) is 2. The smallest absolute Gasteiger partial charge is 0.276 e. The van der Waals surface area contributed by atoms with Gasteiger partial charge in [-0.25, -0.2) is 0 Å². The summed E-state index contributed by atoms with van der Waals surface area (Å²) in [6, 6.07) is 1.46. The van der Waals surface area contributed by atoms with Crippen LogP contribution in [0.25, 0.3) is 0 Å². The number of oxime groups is 1. The third kappa shape index (κ3) is 2.90. The number of nitrogens with two attached hydrogens (primary N) is 1. The molecule has 8 heteroatoms. The fourth-order valence-corrected chi connectivity index (χ4v) is 2.44. The van der Waals surface area contributed by atoms with Crippen LogP contribution in [0.15, 0.2) is 22.0 Å². The van der Waals surface area contributed by atoms with E-state index < -0.39 is 0 Å². The van der Waals surface area contributed by atoms with Crippen molar-refractivity contribution in [3.05, 3.63) is 18.0 Å². The van der Waals surface area contributed by atoms with Gasteiger partial charge in [0.1, 0.15) is 6.26 Å². The van der Waals surface area contributed by atoms with E-state index >= 15 is 0 Å². The topological polar surface area (TPSA) is 108 Å². The Morgan fingerprint density at radius 1 is 1.55 bits per heavy atom. The molecule has 1 saturated heterocycles. The minimum absolute atomic E-state index is 0.0932. The zero-order chi connectivity index (χ0) is 14.5. The maximum Gasteiger partial charge on any atom is 0.276 e. The van der Waals surface area contributed by atoms with Gasteiger partial charge in [0.25, 0.3) is 5.91 Å². The first-order chi connectivity index (χ1) is 9.67. The van der Waals surface area contributed by atoms with Crippen molar-refractivity contribution < 1.29 is 14.5 Å². The molecule has 3 N–H and O–H groups in total. The fraction of sp³-hybridized carbons (Fsp3) is 0.583. The van der Waals surface area contributed by atoms with E-state index in [2.05, 4.69) is 19.7 Å². The summed E-state index contributed by atoms with van der Waals surface area (Å²) in [6.07, 6.45) is 2.14. The molecule has 20 heavy (non-hydrogen) atoms. The van der Waals surface area contributed by atoms with Gasteiger partial charge in [0.05, 0.1) is 6.04 Å². The van der Waals surface area contributed by atoms with Crippen LogP contribution in [-0.2, 0) is 0 Å². The third-order valence-electron chi connectivity index (χ3n) is 3.54. The van der Waals surface area contributed by atoms with Crippen molar-refractivity contribution in [2.24, 2.45) is 10.9 Å². The number of nitrogens with zero attached hydrogens (tertiary/aromatic N) is 4. The van der Waals surface area contributed by atoms with Crippen molar-refractivity contribution in [3.63, 3.8) is 0 Å². The molecular formula is C12H19N5O3. The van der Waals surface area contributed by atoms with Gasteiger partial charge in [-0.05, 0) is 6.42 Å². The third-order valence-corrected chi connectivity index (χ3v) is 3.54. The molecule has 1 aromatic rings. The summed E-state index contributed by atoms with van der Waals surface area (Å²) in [5.74, 6) is 0.0824. The SMILES string of the molecule is CCC(C(N)=NO)N1CCN(C(=O)c2ccon2)CC1. The lowest BCUT2D eigenvalue weighted by atomic mass is 10.1. The second kappa shape index (κ2) is 6.38. The highest BCUT2D eigenvalue weighted by Gasteiger charge is 2.28. The Bertz CT molecular complexity index is 465. The maximum absolute atomic E-state index is 12.1. The predicted molar refractivity (Wildman–Crippen MR) is 71.5 cm³/mol. The van der Waals surface area contributed by atoms with Gasteiger partial charge in [0.15, 0.2) is 11.5 Å². The molecule has 110 valence electrons. The van der Waals surface area contributed by atoms with Gasteiger partial charge in [0.2, 0.25) is 0 Å². The molecule has 0 bridgehead atoms. The molecule has 8 nitrogen and oxygen atoms in total. The minimum atomic E-state index is -0.129. The van der Waals surface area contributed by atoms with E-state index in [0.29, 0.717) is 31.9 Å². The number of carbonyl (C=O) groups is 1. The van der Waals surface area contributed by atoms with E-state index in [-0.39, 0.29) is 17.8 Å². The molecule has 1 aliphatic heterocycles. The molecule has 0 saturated carbocycles. The summed E-state index contributed by atoms with van der Waals surface area (Å²) in [7, 11) is 0. The van der Waals surface area contributed by atoms with Crippen LogP contribution in [0.1, 0.15) is 23.8 Å². The zero-order valence-electron chi connectivity index (χ0n) is 11.4. The highest BCUT2D eigenvalue weighted by molar-refractivity contribution is 5.92. The molecule has 1 atom stereocenters. The molecule has 1 amide bonds. The Labute approximate surface area is 116 Å². The summed E-state index contributed by atoms with van der Waals surface area (Å²) >= 11 is 0. The molecule has 0 aliphatic carbocycles. The summed E-state index contributed by atoms with van der Waals surface area (Å²) < 4.78 is 4.68. The summed E-state index contributed by atoms with van der Waals surface area (Å²) in [6.45, 7) is 4.51. The highest BCUT2D eigenvalue weighted by Crippen LogP contribution is 2.12. The number of amidine groups is 1. The van der Waals surface area contributed by atoms with E-state index in [9.17, 15) is 4.79 Å². The molecule has 0 spiro atoms. The molecular weight excluding hydrogens is 262 g/mol. The Morgan fingerprint density at radius 2 is 2.25 bits per heavy atom. The molecule has 1 aromatic heterocycles. The lowest BCUT2D eigenvalue weighted by Crippen LogP contribution is -2.55. The van der Waals surface area contributed by atoms with Gasteiger partial charge < -0.3 is 20.4 Å². The quantitative estimate of drug-likeness (QED) is 0.347. The van der Waals surface area contributed by atoms with Gasteiger partial charge >= 0.3 is 0 Å². The summed E-state index contributed by atoms with van der Waals surface area (Å²) in [4.78, 5) is 15.9. The average molecular weight is 281 g/mol. The summed E-state index contributed by atoms with van der Waals surface area (Å²) in [5, 5.41) is 15.5. The molecule has 2 rings (SSSR count). The first-order valence-electron chi connectivity index (χ1n) is 6.58. The Balaban J connectivity index is 1.94. The second-order valence-corrected chi connectivity index (χ2v) is 4.66. The van der Waals surface area contributed by atoms with Gasteiger partial charge in [-0.1, -0.05) is 17.2 Å². The lowest BCUT2D eigenvalue weighted by Gasteiger charge is -2.38. The standard InChI is InChI=1S/C12H19N5O3/c1-2-10(11(13)14-19)16-4-6-17(7-5-16)12(18)9-3-8-20-15-9/h3,8,10,19H,2,4-7H2,1H3,(H2,13,14). The van der Waals surface area contributed by atoms with Gasteiger partial charge in [-0.15, -0.1) is 0 Å². The fourth-order valence-electron chi connectivity index (χ4n) is 2.44. The van der Waals surface area contributed by atoms with Crippen molar-refractivity contribution in [3.8, 4) is 0 Å². The molecule has 1 unspecified atom stereocenters. The lowest BCUT2D eigenvalue weighted by molar-refractivity contribution is 0.0599. The minimum Gasteiger partial charge on any atom is -0.409 e. The van der Waals surface area contributed by atoms with Crippen molar-refractivity contribution in [1.29, 1.82) is 0 Å². The van der Waals surface area contributed by atoms with Crippen LogP contribution in [-0.4, -0.2) is 64.1 Å². The number of carbonyl (C=O) groups excluding carboxylic acids is 1. The van der Waals surface area contributed by atoms with E-state index in [1.807, 2.05) is 6.92 Å². The Kier molecular flexibility index (Phi) is 4.57. The van der Waals surface area contributed by atoms with Crippen molar-refractivity contribution in [1.82, 2.24) is 15.0 Å². The van der Waals surface area contributed by atoms with Crippen molar-refractivity contribution in [2.75, 3.05) is 26.2 Å². The van der Waals surface area contributed by atoms with Crippen LogP contribution in [0.3, 0.4) is 0 Å². The largest absolute Gasteiger partial charge is 0.409 e. The van der Waals surface area contributed by atoms with Gasteiger partial charge in [0, 0.05) is 32.2 Å². The molecule has 2 heterocycles. The molecule has 1 fully saturated rings. The highest BCUT2D eigenvalue weighted by atomic mass is 16.5. The number of amides is 1. The van der Waals surface area contributed by atoms with E-state index in [0.717, 1.165) is 6.42 Å². The van der Waals surface area contributed by atoms with Crippen LogP contribution in [0.5, 0.6) is 0 Å². The number of hydrogen-bond acceptors (Lipinski definition) is 6. The predicted octanol–water partition coefficient (Wildman–Crippen LogP) is -0.0426. The van der Waals surface area contributed by atoms with E-state index in [4.69, 9.17) is 10.9 Å². The van der Waals surface area contributed by atoms with E-state index in [1.54, 1.807) is 11.0 Å². The maximum atomic E-state index is 12.1. The normalized spacial score (nSPS) is 19.1. The van der Waals surface area contributed by atoms with Gasteiger partial charge in [-0.2, -0.15) is 0 Å². The Hall–Kier alpha value is -2.09. The van der Waals surface area contributed by atoms with Crippen LogP contribution < -0.4 is 5.73 Å². The average Bonchev–Trinajstić information content (AvgIpc) is 3.02. The second-order valence-electron chi connectivity index (χ2n) is 4.66. The number of piperazine rings is 1. The van der Waals surface area contributed by atoms with Crippen molar-refractivity contribution in [2.45, 2.75) is 19.4 Å². The Morgan fingerprint density at radius 3 is 2.75 bits per heavy atom. The molecule has 0 aromatic carbocycles.